The Morgan fingerprint density at radius 1 is 1.78 bits per heavy atom. The van der Waals surface area contributed by atoms with E-state index in [1.165, 1.54) is 0 Å². The zero-order valence-electron chi connectivity index (χ0n) is 5.98. The molecular weight excluding hydrogens is 116 g/mol. The standard InChI is InChI=1S/C6H14N2O/c1-5(7)6(9)3-4-8-2/h5,8H,3-4,7H2,1-2H3. The van der Waals surface area contributed by atoms with Gasteiger partial charge in [0, 0.05) is 13.0 Å². The van der Waals surface area contributed by atoms with Gasteiger partial charge < -0.3 is 11.1 Å². The van der Waals surface area contributed by atoms with Crippen LogP contribution in [0.15, 0.2) is 0 Å². The molecule has 0 aromatic heterocycles. The van der Waals surface area contributed by atoms with Gasteiger partial charge in [-0.15, -0.1) is 0 Å². The first-order chi connectivity index (χ1) is 4.18. The maximum absolute atomic E-state index is 10.7. The normalized spacial score (nSPS) is 13.2. The molecule has 0 aliphatic carbocycles. The lowest BCUT2D eigenvalue weighted by molar-refractivity contribution is -0.119. The highest BCUT2D eigenvalue weighted by molar-refractivity contribution is 5.83. The molecule has 3 heteroatoms. The Bertz CT molecular complexity index is 91.1. The lowest BCUT2D eigenvalue weighted by Crippen LogP contribution is -2.28. The van der Waals surface area contributed by atoms with Crippen molar-refractivity contribution >= 4 is 5.78 Å². The molecule has 0 saturated heterocycles. The molecule has 3 nitrogen and oxygen atoms in total. The fraction of sp³-hybridized carbons (Fsp3) is 0.833. The average Bonchev–Trinajstić information content (AvgIpc) is 1.82. The number of hydrogen-bond donors (Lipinski definition) is 2. The van der Waals surface area contributed by atoms with Gasteiger partial charge in [0.15, 0.2) is 5.78 Å². The SMILES string of the molecule is CNCCC(=O)C(C)N. The van der Waals surface area contributed by atoms with Crippen LogP contribution in [0.2, 0.25) is 0 Å². The van der Waals surface area contributed by atoms with Crippen LogP contribution in [0.25, 0.3) is 0 Å². The van der Waals surface area contributed by atoms with Crippen molar-refractivity contribution in [2.45, 2.75) is 19.4 Å². The molecule has 0 fully saturated rings. The Hall–Kier alpha value is -0.410. The molecule has 0 spiro atoms. The second kappa shape index (κ2) is 4.47. The third-order valence-corrected chi connectivity index (χ3v) is 1.13. The van der Waals surface area contributed by atoms with E-state index in [0.29, 0.717) is 6.42 Å². The van der Waals surface area contributed by atoms with Crippen molar-refractivity contribution in [1.29, 1.82) is 0 Å². The molecule has 1 atom stereocenters. The summed E-state index contributed by atoms with van der Waals surface area (Å²) in [6.07, 6.45) is 0.536. The Kier molecular flexibility index (Phi) is 4.26. The molecule has 0 aromatic rings. The lowest BCUT2D eigenvalue weighted by Gasteiger charge is -2.01. The van der Waals surface area contributed by atoms with E-state index in [4.69, 9.17) is 5.73 Å². The number of nitrogens with one attached hydrogen (secondary N) is 1. The van der Waals surface area contributed by atoms with Crippen LogP contribution in [0, 0.1) is 0 Å². The van der Waals surface area contributed by atoms with Gasteiger partial charge in [0.2, 0.25) is 0 Å². The van der Waals surface area contributed by atoms with Crippen LogP contribution < -0.4 is 11.1 Å². The molecule has 3 N–H and O–H groups in total. The predicted octanol–water partition coefficient (Wildman–Crippen LogP) is -0.488. The minimum Gasteiger partial charge on any atom is -0.322 e. The summed E-state index contributed by atoms with van der Waals surface area (Å²) in [5.74, 6) is 0.115. The highest BCUT2D eigenvalue weighted by Gasteiger charge is 2.04. The maximum atomic E-state index is 10.7. The van der Waals surface area contributed by atoms with E-state index >= 15 is 0 Å². The first-order valence-electron chi connectivity index (χ1n) is 3.11. The van der Waals surface area contributed by atoms with Crippen LogP contribution in [0.5, 0.6) is 0 Å². The van der Waals surface area contributed by atoms with E-state index in [2.05, 4.69) is 5.32 Å². The molecule has 0 heterocycles. The maximum Gasteiger partial charge on any atom is 0.150 e. The molecule has 54 valence electrons. The summed E-state index contributed by atoms with van der Waals surface area (Å²) in [7, 11) is 1.81. The highest BCUT2D eigenvalue weighted by Crippen LogP contribution is 1.84. The molecule has 0 rings (SSSR count). The minimum atomic E-state index is -0.307. The molecule has 0 aliphatic rings. The number of carbonyl (C=O) groups is 1. The van der Waals surface area contributed by atoms with Crippen molar-refractivity contribution < 1.29 is 4.79 Å². The number of nitrogens with two attached hydrogens (primary N) is 1. The van der Waals surface area contributed by atoms with Crippen LogP contribution in [0.3, 0.4) is 0 Å². The summed E-state index contributed by atoms with van der Waals surface area (Å²) >= 11 is 0. The van der Waals surface area contributed by atoms with Gasteiger partial charge in [0.05, 0.1) is 6.04 Å². The van der Waals surface area contributed by atoms with Crippen molar-refractivity contribution in [2.24, 2.45) is 5.73 Å². The van der Waals surface area contributed by atoms with Crippen LogP contribution in [0.4, 0.5) is 0 Å². The zero-order chi connectivity index (χ0) is 7.28. The zero-order valence-corrected chi connectivity index (χ0v) is 5.98. The molecule has 0 radical (unpaired) electrons. The quantitative estimate of drug-likeness (QED) is 0.540. The monoisotopic (exact) mass is 130 g/mol. The first-order valence-corrected chi connectivity index (χ1v) is 3.11. The van der Waals surface area contributed by atoms with Gasteiger partial charge in [-0.2, -0.15) is 0 Å². The van der Waals surface area contributed by atoms with Crippen molar-refractivity contribution in [3.8, 4) is 0 Å². The van der Waals surface area contributed by atoms with Gasteiger partial charge >= 0.3 is 0 Å². The van der Waals surface area contributed by atoms with Crippen LogP contribution >= 0.6 is 0 Å². The first kappa shape index (κ1) is 8.59. The van der Waals surface area contributed by atoms with Crippen LogP contribution in [0.1, 0.15) is 13.3 Å². The Labute approximate surface area is 55.6 Å². The predicted molar refractivity (Wildman–Crippen MR) is 37.2 cm³/mol. The van der Waals surface area contributed by atoms with Crippen molar-refractivity contribution in [2.75, 3.05) is 13.6 Å². The van der Waals surface area contributed by atoms with Gasteiger partial charge in [-0.25, -0.2) is 0 Å². The summed E-state index contributed by atoms with van der Waals surface area (Å²) in [4.78, 5) is 10.7. The Balaban J connectivity index is 3.28. The fourth-order valence-electron chi connectivity index (χ4n) is 0.476. The summed E-state index contributed by atoms with van der Waals surface area (Å²) in [5, 5.41) is 2.88. The fourth-order valence-corrected chi connectivity index (χ4v) is 0.476. The number of Topliss-reactive ketones (excluding diaryl/α,β-unsaturated/α-hetero) is 1. The van der Waals surface area contributed by atoms with Crippen molar-refractivity contribution in [3.05, 3.63) is 0 Å². The second-order valence-electron chi connectivity index (χ2n) is 2.11. The molecule has 1 unspecified atom stereocenters. The molecular formula is C6H14N2O. The molecule has 0 bridgehead atoms. The van der Waals surface area contributed by atoms with E-state index in [9.17, 15) is 4.79 Å². The summed E-state index contributed by atoms with van der Waals surface area (Å²) < 4.78 is 0. The van der Waals surface area contributed by atoms with Gasteiger partial charge in [-0.1, -0.05) is 0 Å². The van der Waals surface area contributed by atoms with Gasteiger partial charge in [-0.05, 0) is 14.0 Å². The molecule has 0 amide bonds. The van der Waals surface area contributed by atoms with E-state index in [-0.39, 0.29) is 11.8 Å². The molecule has 0 aromatic carbocycles. The average molecular weight is 130 g/mol. The molecule has 0 aliphatic heterocycles. The number of hydrogen-bond acceptors (Lipinski definition) is 3. The molecule has 0 saturated carbocycles. The smallest absolute Gasteiger partial charge is 0.150 e. The van der Waals surface area contributed by atoms with Crippen molar-refractivity contribution in [3.63, 3.8) is 0 Å². The number of rotatable bonds is 4. The van der Waals surface area contributed by atoms with E-state index in [1.807, 2.05) is 7.05 Å². The van der Waals surface area contributed by atoms with Gasteiger partial charge in [0.1, 0.15) is 0 Å². The summed E-state index contributed by atoms with van der Waals surface area (Å²) in [6.45, 7) is 2.43. The van der Waals surface area contributed by atoms with E-state index < -0.39 is 0 Å². The highest BCUT2D eigenvalue weighted by atomic mass is 16.1. The van der Waals surface area contributed by atoms with Gasteiger partial charge in [0.25, 0.3) is 0 Å². The minimum absolute atomic E-state index is 0.115. The molecule has 9 heavy (non-hydrogen) atoms. The third kappa shape index (κ3) is 4.12. The van der Waals surface area contributed by atoms with E-state index in [1.54, 1.807) is 6.92 Å². The van der Waals surface area contributed by atoms with Gasteiger partial charge in [-0.3, -0.25) is 4.79 Å². The topological polar surface area (TPSA) is 55.1 Å². The largest absolute Gasteiger partial charge is 0.322 e. The third-order valence-electron chi connectivity index (χ3n) is 1.13. The van der Waals surface area contributed by atoms with Crippen LogP contribution in [-0.2, 0) is 4.79 Å². The Morgan fingerprint density at radius 2 is 2.33 bits per heavy atom. The summed E-state index contributed by atoms with van der Waals surface area (Å²) in [6, 6.07) is -0.307. The van der Waals surface area contributed by atoms with E-state index in [0.717, 1.165) is 6.54 Å². The Morgan fingerprint density at radius 3 is 2.67 bits per heavy atom. The lowest BCUT2D eigenvalue weighted by atomic mass is 10.2. The number of carbonyl (C=O) groups excluding carboxylic acids is 1. The second-order valence-corrected chi connectivity index (χ2v) is 2.11. The number of ketones is 1. The van der Waals surface area contributed by atoms with Crippen LogP contribution in [-0.4, -0.2) is 25.4 Å². The van der Waals surface area contributed by atoms with Crippen molar-refractivity contribution in [1.82, 2.24) is 5.32 Å². The summed E-state index contributed by atoms with van der Waals surface area (Å²) in [5.41, 5.74) is 5.30.